The van der Waals surface area contributed by atoms with Gasteiger partial charge in [0.15, 0.2) is 5.75 Å². The molecule has 0 spiro atoms. The molecule has 2 nitrogen and oxygen atoms in total. The lowest BCUT2D eigenvalue weighted by molar-refractivity contribution is 0.407. The van der Waals surface area contributed by atoms with Crippen LogP contribution in [0.25, 0.3) is 0 Å². The average Bonchev–Trinajstić information content (AvgIpc) is 2.47. The van der Waals surface area contributed by atoms with Gasteiger partial charge in [0.25, 0.3) is 0 Å². The summed E-state index contributed by atoms with van der Waals surface area (Å²) in [6.07, 6.45) is 3.79. The zero-order chi connectivity index (χ0) is 10.7. The van der Waals surface area contributed by atoms with E-state index in [1.807, 2.05) is 30.5 Å². The third-order valence-electron chi connectivity index (χ3n) is 2.52. The van der Waals surface area contributed by atoms with Crippen LogP contribution >= 0.6 is 0 Å². The quantitative estimate of drug-likeness (QED) is 0.712. The number of allylic oxidation sites excluding steroid dienone is 2. The lowest BCUT2D eigenvalue weighted by atomic mass is 10.1. The molecular formula is C13H15NO. The molecule has 1 aromatic carbocycles. The first kappa shape index (κ1) is 9.97. The Bertz CT molecular complexity index is 418. The van der Waals surface area contributed by atoms with E-state index in [0.29, 0.717) is 0 Å². The third-order valence-corrected chi connectivity index (χ3v) is 2.52. The normalized spacial score (nSPS) is 14.5. The average molecular weight is 201 g/mol. The monoisotopic (exact) mass is 201 g/mol. The van der Waals surface area contributed by atoms with Crippen molar-refractivity contribution in [1.82, 2.24) is 0 Å². The highest BCUT2D eigenvalue weighted by molar-refractivity contribution is 5.83. The van der Waals surface area contributed by atoms with Crippen molar-refractivity contribution in [3.8, 4) is 5.75 Å². The molecule has 78 valence electrons. The predicted octanol–water partition coefficient (Wildman–Crippen LogP) is 3.86. The van der Waals surface area contributed by atoms with Crippen LogP contribution in [0, 0.1) is 0 Å². The van der Waals surface area contributed by atoms with Gasteiger partial charge in [-0.15, -0.1) is 0 Å². The molecule has 0 radical (unpaired) electrons. The minimum Gasteiger partial charge on any atom is -0.459 e. The summed E-state index contributed by atoms with van der Waals surface area (Å²) in [6.45, 7) is 4.23. The summed E-state index contributed by atoms with van der Waals surface area (Å²) in [5.41, 5.74) is 2.10. The molecule has 1 aliphatic rings. The van der Waals surface area contributed by atoms with Crippen LogP contribution in [0.2, 0.25) is 0 Å². The number of hydrogen-bond acceptors (Lipinski definition) is 2. The number of fused-ring (bicyclic) bond motifs is 1. The van der Waals surface area contributed by atoms with Gasteiger partial charge in [0.1, 0.15) is 11.4 Å². The maximum atomic E-state index is 5.86. The molecule has 2 rings (SSSR count). The summed E-state index contributed by atoms with van der Waals surface area (Å²) in [7, 11) is 0. The van der Waals surface area contributed by atoms with Gasteiger partial charge in [0.2, 0.25) is 0 Å². The van der Waals surface area contributed by atoms with Crippen LogP contribution < -0.4 is 4.74 Å². The van der Waals surface area contributed by atoms with Gasteiger partial charge in [-0.25, -0.2) is 0 Å². The summed E-state index contributed by atoms with van der Waals surface area (Å²) < 4.78 is 5.86. The number of hydrogen-bond donors (Lipinski definition) is 0. The van der Waals surface area contributed by atoms with Gasteiger partial charge in [-0.1, -0.05) is 26.0 Å². The van der Waals surface area contributed by atoms with Crippen molar-refractivity contribution < 1.29 is 4.74 Å². The molecule has 1 aromatic rings. The Hall–Kier alpha value is -1.57. The van der Waals surface area contributed by atoms with Gasteiger partial charge in [-0.2, -0.15) is 0 Å². The van der Waals surface area contributed by atoms with Crippen molar-refractivity contribution in [2.24, 2.45) is 4.99 Å². The first-order valence-corrected chi connectivity index (χ1v) is 5.38. The molecule has 15 heavy (non-hydrogen) atoms. The molecule has 0 saturated heterocycles. The molecule has 0 bridgehead atoms. The van der Waals surface area contributed by atoms with Gasteiger partial charge in [0, 0.05) is 18.2 Å². The van der Waals surface area contributed by atoms with Crippen LogP contribution in [-0.4, -0.2) is 6.21 Å². The van der Waals surface area contributed by atoms with Crippen LogP contribution in [0.15, 0.2) is 40.6 Å². The molecule has 0 aromatic heterocycles. The first-order chi connectivity index (χ1) is 7.35. The van der Waals surface area contributed by atoms with Crippen molar-refractivity contribution in [3.63, 3.8) is 0 Å². The van der Waals surface area contributed by atoms with E-state index in [1.54, 1.807) is 0 Å². The number of aliphatic imine (C=N–C) groups is 1. The lowest BCUT2D eigenvalue weighted by Crippen LogP contribution is -1.98. The van der Waals surface area contributed by atoms with E-state index in [0.717, 1.165) is 30.0 Å². The zero-order valence-corrected chi connectivity index (χ0v) is 9.16. The van der Waals surface area contributed by atoms with Gasteiger partial charge < -0.3 is 4.74 Å². The van der Waals surface area contributed by atoms with Crippen molar-refractivity contribution in [3.05, 3.63) is 35.6 Å². The van der Waals surface area contributed by atoms with Gasteiger partial charge in [0.05, 0.1) is 0 Å². The summed E-state index contributed by atoms with van der Waals surface area (Å²) in [5, 5.41) is 0. The molecule has 0 amide bonds. The van der Waals surface area contributed by atoms with Crippen LogP contribution in [0.1, 0.15) is 26.7 Å². The van der Waals surface area contributed by atoms with E-state index in [4.69, 9.17) is 4.74 Å². The summed E-state index contributed by atoms with van der Waals surface area (Å²) >= 11 is 0. The van der Waals surface area contributed by atoms with Crippen molar-refractivity contribution >= 4 is 11.9 Å². The highest BCUT2D eigenvalue weighted by Gasteiger charge is 2.11. The highest BCUT2D eigenvalue weighted by atomic mass is 16.5. The van der Waals surface area contributed by atoms with Gasteiger partial charge >= 0.3 is 0 Å². The second kappa shape index (κ2) is 4.30. The second-order valence-corrected chi connectivity index (χ2v) is 3.48. The van der Waals surface area contributed by atoms with E-state index in [2.05, 4.69) is 18.8 Å². The summed E-state index contributed by atoms with van der Waals surface area (Å²) in [4.78, 5) is 4.43. The van der Waals surface area contributed by atoms with E-state index < -0.39 is 0 Å². The minimum atomic E-state index is 0.856. The number of nitrogens with zero attached hydrogens (tertiary/aromatic N) is 1. The second-order valence-electron chi connectivity index (χ2n) is 3.48. The smallest absolute Gasteiger partial charge is 0.152 e. The molecular weight excluding hydrogens is 186 g/mol. The molecule has 0 unspecified atom stereocenters. The molecule has 0 saturated carbocycles. The molecule has 1 aliphatic heterocycles. The van der Waals surface area contributed by atoms with Crippen molar-refractivity contribution in [2.75, 3.05) is 0 Å². The fourth-order valence-corrected chi connectivity index (χ4v) is 1.66. The van der Waals surface area contributed by atoms with Crippen LogP contribution in [0.4, 0.5) is 5.69 Å². The molecule has 0 N–H and O–H groups in total. The van der Waals surface area contributed by atoms with Crippen molar-refractivity contribution in [2.45, 2.75) is 26.7 Å². The van der Waals surface area contributed by atoms with Crippen LogP contribution in [-0.2, 0) is 0 Å². The Morgan fingerprint density at radius 1 is 1.13 bits per heavy atom. The Morgan fingerprint density at radius 2 is 1.93 bits per heavy atom. The largest absolute Gasteiger partial charge is 0.459 e. The van der Waals surface area contributed by atoms with Crippen LogP contribution in [0.3, 0.4) is 0 Å². The Labute approximate surface area is 90.3 Å². The molecule has 2 heteroatoms. The highest BCUT2D eigenvalue weighted by Crippen LogP contribution is 2.32. The maximum Gasteiger partial charge on any atom is 0.152 e. The predicted molar refractivity (Wildman–Crippen MR) is 62.8 cm³/mol. The summed E-state index contributed by atoms with van der Waals surface area (Å²) in [6, 6.07) is 7.87. The fourth-order valence-electron chi connectivity index (χ4n) is 1.66. The Balaban J connectivity index is 2.44. The van der Waals surface area contributed by atoms with Crippen LogP contribution in [0.5, 0.6) is 5.75 Å². The maximum absolute atomic E-state index is 5.86. The number of ether oxygens (including phenoxy) is 1. The van der Waals surface area contributed by atoms with Gasteiger partial charge in [-0.05, 0) is 18.6 Å². The Kier molecular flexibility index (Phi) is 2.86. The summed E-state index contributed by atoms with van der Waals surface area (Å²) in [5.74, 6) is 1.89. The van der Waals surface area contributed by atoms with E-state index in [9.17, 15) is 0 Å². The third kappa shape index (κ3) is 1.94. The number of benzene rings is 1. The molecule has 0 atom stereocenters. The lowest BCUT2D eigenvalue weighted by Gasteiger charge is -2.09. The van der Waals surface area contributed by atoms with E-state index in [1.165, 1.54) is 5.57 Å². The molecule has 0 fully saturated rings. The van der Waals surface area contributed by atoms with E-state index >= 15 is 0 Å². The number of rotatable bonds is 2. The SMILES string of the molecule is CCC1=C(CC)Oc2ccccc2N=C1. The van der Waals surface area contributed by atoms with Crippen molar-refractivity contribution in [1.29, 1.82) is 0 Å². The molecule has 1 heterocycles. The Morgan fingerprint density at radius 3 is 2.67 bits per heavy atom. The molecule has 0 aliphatic carbocycles. The van der Waals surface area contributed by atoms with E-state index in [-0.39, 0.29) is 0 Å². The zero-order valence-electron chi connectivity index (χ0n) is 9.16. The standard InChI is InChI=1S/C13H15NO/c1-3-10-9-14-11-7-5-6-8-13(11)15-12(10)4-2/h5-9H,3-4H2,1-2H3. The van der Waals surface area contributed by atoms with Gasteiger partial charge in [-0.3, -0.25) is 4.99 Å². The first-order valence-electron chi connectivity index (χ1n) is 5.38. The minimum absolute atomic E-state index is 0.856. The fraction of sp³-hybridized carbons (Fsp3) is 0.308. The topological polar surface area (TPSA) is 21.6 Å². The number of para-hydroxylation sites is 2.